The van der Waals surface area contributed by atoms with Crippen LogP contribution in [0.25, 0.3) is 0 Å². The molecule has 0 fully saturated rings. The van der Waals surface area contributed by atoms with Gasteiger partial charge in [-0.15, -0.1) is 0 Å². The van der Waals surface area contributed by atoms with Crippen LogP contribution in [0.1, 0.15) is 25.3 Å². The molecule has 78 valence electrons. The Balaban J connectivity index is 3.52. The normalized spacial score (nSPS) is 12.0. The van der Waals surface area contributed by atoms with E-state index in [4.69, 9.17) is 4.55 Å². The van der Waals surface area contributed by atoms with Gasteiger partial charge in [0.05, 0.1) is 0 Å². The first-order chi connectivity index (χ1) is 6.34. The van der Waals surface area contributed by atoms with E-state index >= 15 is 0 Å². The van der Waals surface area contributed by atoms with Crippen LogP contribution in [0.15, 0.2) is 23.1 Å². The summed E-state index contributed by atoms with van der Waals surface area (Å²) in [6.45, 7) is 3.48. The van der Waals surface area contributed by atoms with Gasteiger partial charge in [0.2, 0.25) is 0 Å². The van der Waals surface area contributed by atoms with E-state index in [1.165, 1.54) is 18.2 Å². The average Bonchev–Trinajstić information content (AvgIpc) is 2.01. The smallest absolute Gasteiger partial charge is 0.294 e. The lowest BCUT2D eigenvalue weighted by Gasteiger charge is -2.11. The van der Waals surface area contributed by atoms with E-state index in [0.717, 1.165) is 0 Å². The van der Waals surface area contributed by atoms with Gasteiger partial charge in [-0.1, -0.05) is 19.9 Å². The highest BCUT2D eigenvalue weighted by atomic mass is 32.2. The van der Waals surface area contributed by atoms with Crippen LogP contribution in [0.3, 0.4) is 0 Å². The van der Waals surface area contributed by atoms with E-state index in [9.17, 15) is 13.5 Å². The molecule has 0 atom stereocenters. The Labute approximate surface area is 82.9 Å². The van der Waals surface area contributed by atoms with Crippen LogP contribution < -0.4 is 0 Å². The maximum atomic E-state index is 11.0. The third-order valence-corrected chi connectivity index (χ3v) is 2.81. The molecule has 5 heteroatoms. The molecule has 0 heterocycles. The number of rotatable bonds is 2. The molecule has 0 saturated heterocycles. The van der Waals surface area contributed by atoms with Gasteiger partial charge in [-0.3, -0.25) is 4.55 Å². The lowest BCUT2D eigenvalue weighted by atomic mass is 10.0. The minimum absolute atomic E-state index is 0.116. The second kappa shape index (κ2) is 3.59. The quantitative estimate of drug-likeness (QED) is 0.739. The topological polar surface area (TPSA) is 74.6 Å². The first-order valence-corrected chi connectivity index (χ1v) is 5.57. The van der Waals surface area contributed by atoms with Crippen LogP contribution in [-0.4, -0.2) is 18.1 Å². The van der Waals surface area contributed by atoms with Gasteiger partial charge in [-0.25, -0.2) is 0 Å². The van der Waals surface area contributed by atoms with Crippen molar-refractivity contribution >= 4 is 10.1 Å². The van der Waals surface area contributed by atoms with Crippen molar-refractivity contribution in [3.63, 3.8) is 0 Å². The van der Waals surface area contributed by atoms with Crippen LogP contribution >= 0.6 is 0 Å². The van der Waals surface area contributed by atoms with E-state index in [1.54, 1.807) is 13.8 Å². The van der Waals surface area contributed by atoms with Gasteiger partial charge in [-0.05, 0) is 18.1 Å². The molecule has 2 N–H and O–H groups in total. The molecule has 1 aromatic rings. The summed E-state index contributed by atoms with van der Waals surface area (Å²) in [6.07, 6.45) is 0. The van der Waals surface area contributed by atoms with Crippen molar-refractivity contribution in [1.82, 2.24) is 0 Å². The maximum Gasteiger partial charge on any atom is 0.294 e. The van der Waals surface area contributed by atoms with Crippen LogP contribution in [0.5, 0.6) is 5.75 Å². The van der Waals surface area contributed by atoms with Crippen LogP contribution in [0.2, 0.25) is 0 Å². The molecule has 1 aromatic carbocycles. The molecule has 0 aliphatic rings. The molecule has 1 rings (SSSR count). The Morgan fingerprint density at radius 1 is 1.29 bits per heavy atom. The van der Waals surface area contributed by atoms with E-state index < -0.39 is 10.1 Å². The Morgan fingerprint density at radius 3 is 2.21 bits per heavy atom. The molecule has 0 radical (unpaired) electrons. The van der Waals surface area contributed by atoms with E-state index in [1.807, 2.05) is 0 Å². The standard InChI is InChI=1S/C9H12O4S/c1-6(2)9-7(10)4-3-5-8(9)14(11,12)13/h3-6,10H,1-2H3,(H,11,12,13). The number of phenols is 1. The molecule has 0 aliphatic heterocycles. The minimum Gasteiger partial charge on any atom is -0.508 e. The third kappa shape index (κ3) is 2.05. The molecular weight excluding hydrogens is 204 g/mol. The van der Waals surface area contributed by atoms with Gasteiger partial charge in [0, 0.05) is 5.56 Å². The van der Waals surface area contributed by atoms with Gasteiger partial charge in [0.25, 0.3) is 10.1 Å². The number of phenolic OH excluding ortho intramolecular Hbond substituents is 1. The van der Waals surface area contributed by atoms with Crippen molar-refractivity contribution < 1.29 is 18.1 Å². The zero-order chi connectivity index (χ0) is 10.9. The summed E-state index contributed by atoms with van der Waals surface area (Å²) < 4.78 is 30.8. The minimum atomic E-state index is -4.26. The first kappa shape index (κ1) is 11.0. The summed E-state index contributed by atoms with van der Waals surface area (Å²) in [5.74, 6) is -0.289. The van der Waals surface area contributed by atoms with Gasteiger partial charge in [-0.2, -0.15) is 8.42 Å². The van der Waals surface area contributed by atoms with Crippen LogP contribution in [0.4, 0.5) is 0 Å². The average molecular weight is 216 g/mol. The molecule has 14 heavy (non-hydrogen) atoms. The van der Waals surface area contributed by atoms with Crippen LogP contribution in [-0.2, 0) is 10.1 Å². The number of hydrogen-bond donors (Lipinski definition) is 2. The molecule has 4 nitrogen and oxygen atoms in total. The predicted molar refractivity (Wildman–Crippen MR) is 52.0 cm³/mol. The summed E-state index contributed by atoms with van der Waals surface area (Å²) in [5.41, 5.74) is 0.245. The van der Waals surface area contributed by atoms with E-state index in [2.05, 4.69) is 0 Å². The van der Waals surface area contributed by atoms with Crippen molar-refractivity contribution in [2.45, 2.75) is 24.7 Å². The van der Waals surface area contributed by atoms with Crippen molar-refractivity contribution in [2.24, 2.45) is 0 Å². The highest BCUT2D eigenvalue weighted by Gasteiger charge is 2.19. The van der Waals surface area contributed by atoms with E-state index in [0.29, 0.717) is 0 Å². The molecule has 0 aliphatic carbocycles. The maximum absolute atomic E-state index is 11.0. The van der Waals surface area contributed by atoms with E-state index in [-0.39, 0.29) is 22.1 Å². The number of benzene rings is 1. The molecule has 0 amide bonds. The van der Waals surface area contributed by atoms with Gasteiger partial charge in [0.1, 0.15) is 10.6 Å². The largest absolute Gasteiger partial charge is 0.508 e. The summed E-state index contributed by atoms with van der Waals surface area (Å²) in [5, 5.41) is 9.45. The van der Waals surface area contributed by atoms with Gasteiger partial charge < -0.3 is 5.11 Å². The van der Waals surface area contributed by atoms with Crippen molar-refractivity contribution in [3.05, 3.63) is 23.8 Å². The predicted octanol–water partition coefficient (Wildman–Crippen LogP) is 1.76. The SMILES string of the molecule is CC(C)c1c(O)cccc1S(=O)(=O)O. The van der Waals surface area contributed by atoms with Crippen LogP contribution in [0, 0.1) is 0 Å². The fourth-order valence-corrected chi connectivity index (χ4v) is 2.21. The van der Waals surface area contributed by atoms with Crippen molar-refractivity contribution in [2.75, 3.05) is 0 Å². The third-order valence-electron chi connectivity index (χ3n) is 1.90. The highest BCUT2D eigenvalue weighted by molar-refractivity contribution is 7.85. The second-order valence-corrected chi connectivity index (χ2v) is 4.71. The first-order valence-electron chi connectivity index (χ1n) is 4.13. The second-order valence-electron chi connectivity index (χ2n) is 3.32. The Bertz CT molecular complexity index is 434. The molecule has 0 aromatic heterocycles. The van der Waals surface area contributed by atoms with Crippen molar-refractivity contribution in [1.29, 1.82) is 0 Å². The fraction of sp³-hybridized carbons (Fsp3) is 0.333. The zero-order valence-electron chi connectivity index (χ0n) is 7.93. The zero-order valence-corrected chi connectivity index (χ0v) is 8.75. The van der Waals surface area contributed by atoms with Crippen molar-refractivity contribution in [3.8, 4) is 5.75 Å². The molecule has 0 saturated carbocycles. The number of aromatic hydroxyl groups is 1. The summed E-state index contributed by atoms with van der Waals surface area (Å²) in [6, 6.07) is 4.04. The fourth-order valence-electron chi connectivity index (χ4n) is 1.34. The lowest BCUT2D eigenvalue weighted by molar-refractivity contribution is 0.454. The Kier molecular flexibility index (Phi) is 2.82. The Morgan fingerprint density at radius 2 is 1.86 bits per heavy atom. The molecular formula is C9H12O4S. The highest BCUT2D eigenvalue weighted by Crippen LogP contribution is 2.31. The molecule has 0 spiro atoms. The summed E-state index contributed by atoms with van der Waals surface area (Å²) >= 11 is 0. The molecule has 0 bridgehead atoms. The van der Waals surface area contributed by atoms with Gasteiger partial charge in [0.15, 0.2) is 0 Å². The monoisotopic (exact) mass is 216 g/mol. The lowest BCUT2D eigenvalue weighted by Crippen LogP contribution is -2.04. The number of hydrogen-bond acceptors (Lipinski definition) is 3. The van der Waals surface area contributed by atoms with Gasteiger partial charge >= 0.3 is 0 Å². The Hall–Kier alpha value is -1.07. The summed E-state index contributed by atoms with van der Waals surface area (Å²) in [4.78, 5) is -0.229. The summed E-state index contributed by atoms with van der Waals surface area (Å²) in [7, 11) is -4.26. The molecule has 0 unspecified atom stereocenters.